The Morgan fingerprint density at radius 3 is 2.62 bits per heavy atom. The molecule has 0 aliphatic rings. The van der Waals surface area contributed by atoms with E-state index in [1.165, 1.54) is 6.07 Å². The van der Waals surface area contributed by atoms with Gasteiger partial charge in [0.2, 0.25) is 0 Å². The molecule has 0 radical (unpaired) electrons. The molecule has 0 atom stereocenters. The molecule has 0 saturated heterocycles. The van der Waals surface area contributed by atoms with Crippen molar-refractivity contribution < 1.29 is 13.2 Å². The fourth-order valence-corrected chi connectivity index (χ4v) is 1.26. The molecule has 1 aromatic carbocycles. The maximum atomic E-state index is 12.4. The molecule has 0 heterocycles. The Labute approximate surface area is 92.7 Å². The van der Waals surface area contributed by atoms with Gasteiger partial charge in [-0.05, 0) is 24.6 Å². The average molecular weight is 227 g/mol. The first-order chi connectivity index (χ1) is 7.45. The van der Waals surface area contributed by atoms with E-state index in [9.17, 15) is 13.2 Å². The van der Waals surface area contributed by atoms with E-state index >= 15 is 0 Å². The summed E-state index contributed by atoms with van der Waals surface area (Å²) in [5.41, 5.74) is 0.594. The Kier molecular flexibility index (Phi) is 3.83. The Morgan fingerprint density at radius 2 is 2.06 bits per heavy atom. The maximum Gasteiger partial charge on any atom is 0.416 e. The molecule has 1 nitrogen and oxygen atoms in total. The van der Waals surface area contributed by atoms with E-state index in [2.05, 4.69) is 11.2 Å². The third-order valence-corrected chi connectivity index (χ3v) is 2.15. The monoisotopic (exact) mass is 227 g/mol. The molecule has 4 heteroatoms. The molecule has 86 valence electrons. The number of benzene rings is 1. The Bertz CT molecular complexity index is 402. The molecule has 0 aliphatic heterocycles. The van der Waals surface area contributed by atoms with Gasteiger partial charge in [-0.25, -0.2) is 0 Å². The van der Waals surface area contributed by atoms with Crippen molar-refractivity contribution in [3.8, 4) is 12.3 Å². The van der Waals surface area contributed by atoms with Gasteiger partial charge in [-0.1, -0.05) is 6.07 Å². The van der Waals surface area contributed by atoms with Crippen LogP contribution in [0.1, 0.15) is 17.5 Å². The molecule has 0 saturated carbocycles. The van der Waals surface area contributed by atoms with Crippen LogP contribution >= 0.6 is 0 Å². The highest BCUT2D eigenvalue weighted by atomic mass is 19.4. The summed E-state index contributed by atoms with van der Waals surface area (Å²) >= 11 is 0. The van der Waals surface area contributed by atoms with Gasteiger partial charge < -0.3 is 5.32 Å². The number of halogens is 3. The number of rotatable bonds is 3. The lowest BCUT2D eigenvalue weighted by atomic mass is 10.1. The standard InChI is InChI=1S/C12H12F3N/c1-3-4-7-16-11-8-10(12(13,14)15)6-5-9(11)2/h1,5-6,8,16H,4,7H2,2H3. The zero-order valence-corrected chi connectivity index (χ0v) is 8.86. The molecular weight excluding hydrogens is 215 g/mol. The van der Waals surface area contributed by atoms with E-state index in [-0.39, 0.29) is 0 Å². The minimum atomic E-state index is -4.31. The second-order valence-corrected chi connectivity index (χ2v) is 3.41. The minimum absolute atomic E-state index is 0.471. The molecule has 16 heavy (non-hydrogen) atoms. The Hall–Kier alpha value is -1.63. The number of anilines is 1. The van der Waals surface area contributed by atoms with Crippen molar-refractivity contribution in [2.75, 3.05) is 11.9 Å². The molecular formula is C12H12F3N. The molecule has 0 unspecified atom stereocenters. The van der Waals surface area contributed by atoms with Gasteiger partial charge in [0.15, 0.2) is 0 Å². The van der Waals surface area contributed by atoms with E-state index in [0.717, 1.165) is 17.7 Å². The van der Waals surface area contributed by atoms with E-state index in [0.29, 0.717) is 18.7 Å². The summed E-state index contributed by atoms with van der Waals surface area (Å²) in [5, 5.41) is 2.88. The quantitative estimate of drug-likeness (QED) is 0.616. The molecule has 1 rings (SSSR count). The van der Waals surface area contributed by atoms with Crippen LogP contribution in [0.2, 0.25) is 0 Å². The summed E-state index contributed by atoms with van der Waals surface area (Å²) in [6, 6.07) is 3.62. The van der Waals surface area contributed by atoms with Crippen LogP contribution in [0.4, 0.5) is 18.9 Å². The number of hydrogen-bond acceptors (Lipinski definition) is 1. The summed E-state index contributed by atoms with van der Waals surface area (Å²) in [5.74, 6) is 2.42. The van der Waals surface area contributed by atoms with Crippen LogP contribution in [0, 0.1) is 19.3 Å². The first-order valence-electron chi connectivity index (χ1n) is 4.80. The predicted octanol–water partition coefficient (Wildman–Crippen LogP) is 3.45. The topological polar surface area (TPSA) is 12.0 Å². The van der Waals surface area contributed by atoms with Gasteiger partial charge >= 0.3 is 6.18 Å². The lowest BCUT2D eigenvalue weighted by molar-refractivity contribution is -0.137. The van der Waals surface area contributed by atoms with E-state index in [1.54, 1.807) is 6.92 Å². The second-order valence-electron chi connectivity index (χ2n) is 3.41. The molecule has 1 N–H and O–H groups in total. The first kappa shape index (κ1) is 12.4. The van der Waals surface area contributed by atoms with Crippen molar-refractivity contribution in [2.45, 2.75) is 19.5 Å². The molecule has 0 fully saturated rings. The fourth-order valence-electron chi connectivity index (χ4n) is 1.26. The van der Waals surface area contributed by atoms with Crippen LogP contribution in [0.3, 0.4) is 0 Å². The second kappa shape index (κ2) is 4.93. The summed E-state index contributed by atoms with van der Waals surface area (Å²) < 4.78 is 37.3. The summed E-state index contributed by atoms with van der Waals surface area (Å²) in [6.45, 7) is 2.22. The lowest BCUT2D eigenvalue weighted by Gasteiger charge is -2.12. The average Bonchev–Trinajstić information content (AvgIpc) is 2.19. The maximum absolute atomic E-state index is 12.4. The van der Waals surface area contributed by atoms with Crippen molar-refractivity contribution in [2.24, 2.45) is 0 Å². The van der Waals surface area contributed by atoms with Gasteiger partial charge in [0.05, 0.1) is 5.56 Å². The van der Waals surface area contributed by atoms with Gasteiger partial charge in [0.1, 0.15) is 0 Å². The van der Waals surface area contributed by atoms with E-state index < -0.39 is 11.7 Å². The van der Waals surface area contributed by atoms with Crippen LogP contribution in [0.5, 0.6) is 0 Å². The minimum Gasteiger partial charge on any atom is -0.384 e. The van der Waals surface area contributed by atoms with Crippen LogP contribution in [-0.4, -0.2) is 6.54 Å². The highest BCUT2D eigenvalue weighted by Crippen LogP contribution is 2.31. The van der Waals surface area contributed by atoms with E-state index in [4.69, 9.17) is 6.42 Å². The predicted molar refractivity (Wildman–Crippen MR) is 58.1 cm³/mol. The zero-order chi connectivity index (χ0) is 12.2. The molecule has 0 aliphatic carbocycles. The van der Waals surface area contributed by atoms with Crippen molar-refractivity contribution in [3.05, 3.63) is 29.3 Å². The molecule has 0 aromatic heterocycles. The number of hydrogen-bond donors (Lipinski definition) is 1. The zero-order valence-electron chi connectivity index (χ0n) is 8.86. The van der Waals surface area contributed by atoms with Gasteiger partial charge in [-0.2, -0.15) is 13.2 Å². The van der Waals surface area contributed by atoms with Crippen LogP contribution < -0.4 is 5.32 Å². The molecule has 1 aromatic rings. The van der Waals surface area contributed by atoms with Crippen molar-refractivity contribution in [1.82, 2.24) is 0 Å². The van der Waals surface area contributed by atoms with Crippen LogP contribution in [-0.2, 0) is 6.18 Å². The van der Waals surface area contributed by atoms with Crippen molar-refractivity contribution in [3.63, 3.8) is 0 Å². The van der Waals surface area contributed by atoms with Gasteiger partial charge in [0, 0.05) is 18.7 Å². The summed E-state index contributed by atoms with van der Waals surface area (Å²) in [7, 11) is 0. The number of aryl methyl sites for hydroxylation is 1. The fraction of sp³-hybridized carbons (Fsp3) is 0.333. The Balaban J connectivity index is 2.88. The number of terminal acetylenes is 1. The molecule has 0 spiro atoms. The summed E-state index contributed by atoms with van der Waals surface area (Å²) in [6.07, 6.45) is 1.23. The molecule has 0 bridgehead atoms. The third kappa shape index (κ3) is 3.20. The normalized spacial score (nSPS) is 10.9. The molecule has 0 amide bonds. The lowest BCUT2D eigenvalue weighted by Crippen LogP contribution is -2.08. The Morgan fingerprint density at radius 1 is 1.38 bits per heavy atom. The smallest absolute Gasteiger partial charge is 0.384 e. The van der Waals surface area contributed by atoms with Gasteiger partial charge in [-0.3, -0.25) is 0 Å². The van der Waals surface area contributed by atoms with Crippen LogP contribution in [0.15, 0.2) is 18.2 Å². The van der Waals surface area contributed by atoms with Gasteiger partial charge in [0.25, 0.3) is 0 Å². The SMILES string of the molecule is C#CCCNc1cc(C(F)(F)F)ccc1C. The van der Waals surface area contributed by atoms with E-state index in [1.807, 2.05) is 0 Å². The number of alkyl halides is 3. The van der Waals surface area contributed by atoms with Crippen molar-refractivity contribution in [1.29, 1.82) is 0 Å². The number of nitrogens with one attached hydrogen (secondary N) is 1. The largest absolute Gasteiger partial charge is 0.416 e. The van der Waals surface area contributed by atoms with Gasteiger partial charge in [-0.15, -0.1) is 12.3 Å². The van der Waals surface area contributed by atoms with Crippen LogP contribution in [0.25, 0.3) is 0 Å². The summed E-state index contributed by atoms with van der Waals surface area (Å²) in [4.78, 5) is 0. The van der Waals surface area contributed by atoms with Crippen molar-refractivity contribution >= 4 is 5.69 Å². The first-order valence-corrected chi connectivity index (χ1v) is 4.80. The highest BCUT2D eigenvalue weighted by molar-refractivity contribution is 5.53. The third-order valence-electron chi connectivity index (χ3n) is 2.15. The highest BCUT2D eigenvalue weighted by Gasteiger charge is 2.30.